The number of aliphatic hydroxyl groups excluding tert-OH is 1. The molecule has 90 heavy (non-hydrogen) atoms. The zero-order chi connectivity index (χ0) is 66.8. The van der Waals surface area contributed by atoms with E-state index in [9.17, 15) is 43.2 Å². The van der Waals surface area contributed by atoms with Crippen molar-refractivity contribution in [1.29, 1.82) is 0 Å². The molecule has 0 saturated carbocycles. The molecule has 0 aromatic rings. The van der Waals surface area contributed by atoms with E-state index in [0.29, 0.717) is 31.6 Å². The van der Waals surface area contributed by atoms with Crippen LogP contribution in [0.5, 0.6) is 0 Å². The molecule has 534 valence electrons. The van der Waals surface area contributed by atoms with Gasteiger partial charge in [-0.3, -0.25) is 37.3 Å². The minimum Gasteiger partial charge on any atom is -0.462 e. The number of rotatable bonds is 68. The molecule has 0 aliphatic heterocycles. The zero-order valence-corrected chi connectivity index (χ0v) is 60.6. The molecule has 17 nitrogen and oxygen atoms in total. The molecule has 0 amide bonds. The molecule has 3 N–H and O–H groups in total. The lowest BCUT2D eigenvalue weighted by molar-refractivity contribution is -0.161. The van der Waals surface area contributed by atoms with Gasteiger partial charge < -0.3 is 33.8 Å². The minimum atomic E-state index is -4.95. The summed E-state index contributed by atoms with van der Waals surface area (Å²) in [5, 5.41) is 10.6. The number of carbonyl (C=O) groups is 4. The number of esters is 4. The molecular formula is C71H138O17P2. The van der Waals surface area contributed by atoms with Gasteiger partial charge in [0.1, 0.15) is 19.3 Å². The normalized spacial score (nSPS) is 14.6. The van der Waals surface area contributed by atoms with Gasteiger partial charge in [0.25, 0.3) is 0 Å². The van der Waals surface area contributed by atoms with Crippen LogP contribution in [-0.2, 0) is 65.4 Å². The highest BCUT2D eigenvalue weighted by Crippen LogP contribution is 2.45. The molecular weight excluding hydrogens is 1190 g/mol. The fourth-order valence-corrected chi connectivity index (χ4v) is 12.2. The van der Waals surface area contributed by atoms with E-state index in [0.717, 1.165) is 114 Å². The summed E-state index contributed by atoms with van der Waals surface area (Å²) in [7, 11) is -9.90. The van der Waals surface area contributed by atoms with Gasteiger partial charge in [0.05, 0.1) is 26.4 Å². The Kier molecular flexibility index (Phi) is 59.4. The fraction of sp³-hybridized carbons (Fsp3) is 0.944. The van der Waals surface area contributed by atoms with Crippen LogP contribution in [0.3, 0.4) is 0 Å². The monoisotopic (exact) mass is 1320 g/mol. The van der Waals surface area contributed by atoms with E-state index in [-0.39, 0.29) is 25.7 Å². The summed E-state index contributed by atoms with van der Waals surface area (Å²) >= 11 is 0. The first kappa shape index (κ1) is 88.1. The molecule has 4 unspecified atom stereocenters. The molecule has 0 fully saturated rings. The third kappa shape index (κ3) is 63.5. The summed E-state index contributed by atoms with van der Waals surface area (Å²) < 4.78 is 68.3. The van der Waals surface area contributed by atoms with Crippen LogP contribution in [0.4, 0.5) is 0 Å². The molecule has 0 aliphatic rings. The van der Waals surface area contributed by atoms with Gasteiger partial charge in [0, 0.05) is 25.7 Å². The summed E-state index contributed by atoms with van der Waals surface area (Å²) in [6.45, 7) is 14.1. The van der Waals surface area contributed by atoms with Crippen molar-refractivity contribution in [3.05, 3.63) is 0 Å². The van der Waals surface area contributed by atoms with E-state index in [1.54, 1.807) is 0 Å². The summed E-state index contributed by atoms with van der Waals surface area (Å²) in [6, 6.07) is 0. The van der Waals surface area contributed by atoms with Crippen molar-refractivity contribution >= 4 is 39.5 Å². The molecule has 0 spiro atoms. The quantitative estimate of drug-likeness (QED) is 0.0222. The van der Waals surface area contributed by atoms with Crippen molar-refractivity contribution in [1.82, 2.24) is 0 Å². The third-order valence-electron chi connectivity index (χ3n) is 16.7. The average molecular weight is 1330 g/mol. The third-order valence-corrected chi connectivity index (χ3v) is 18.6. The summed E-state index contributed by atoms with van der Waals surface area (Å²) in [4.78, 5) is 72.5. The number of ether oxygens (including phenoxy) is 4. The molecule has 0 aliphatic carbocycles. The molecule has 0 aromatic heterocycles. The number of phosphoric ester groups is 2. The van der Waals surface area contributed by atoms with E-state index in [2.05, 4.69) is 55.4 Å². The maximum absolute atomic E-state index is 13.0. The Bertz CT molecular complexity index is 1780. The highest BCUT2D eigenvalue weighted by Gasteiger charge is 2.30. The first-order chi connectivity index (χ1) is 43.1. The van der Waals surface area contributed by atoms with Crippen LogP contribution >= 0.6 is 15.6 Å². The number of hydrogen-bond acceptors (Lipinski definition) is 15. The Morgan fingerprint density at radius 2 is 0.533 bits per heavy atom. The second kappa shape index (κ2) is 60.7. The SMILES string of the molecule is CCC(C)CCCCCCCCC(=O)O[C@H](COC(=O)CCCCCCCCCC(C)C)COP(=O)(O)OCC(O)COP(=O)(O)OC[C@@H](COC(=O)CCCCCCCCCCCCCCCCCC(C)C)OC(=O)CCCCCCCCCCCC(C)C. The maximum atomic E-state index is 13.0. The van der Waals surface area contributed by atoms with Gasteiger partial charge >= 0.3 is 39.5 Å². The lowest BCUT2D eigenvalue weighted by atomic mass is 10.00. The van der Waals surface area contributed by atoms with Crippen LogP contribution in [0, 0.1) is 23.7 Å². The van der Waals surface area contributed by atoms with Gasteiger partial charge in [-0.25, -0.2) is 9.13 Å². The minimum absolute atomic E-state index is 0.102. The van der Waals surface area contributed by atoms with Gasteiger partial charge in [-0.05, 0) is 49.4 Å². The van der Waals surface area contributed by atoms with Crippen LogP contribution < -0.4 is 0 Å². The van der Waals surface area contributed by atoms with E-state index in [4.69, 9.17) is 37.0 Å². The lowest BCUT2D eigenvalue weighted by Gasteiger charge is -2.21. The number of hydrogen-bond donors (Lipinski definition) is 3. The van der Waals surface area contributed by atoms with Gasteiger partial charge in [0.2, 0.25) is 0 Å². The Hall–Kier alpha value is -1.94. The molecule has 0 bridgehead atoms. The summed E-state index contributed by atoms with van der Waals surface area (Å²) in [5.41, 5.74) is 0. The molecule has 0 rings (SSSR count). The first-order valence-electron chi connectivity index (χ1n) is 36.7. The summed E-state index contributed by atoms with van der Waals surface area (Å²) in [5.74, 6) is 0.836. The Morgan fingerprint density at radius 1 is 0.311 bits per heavy atom. The predicted octanol–water partition coefficient (Wildman–Crippen LogP) is 20.1. The van der Waals surface area contributed by atoms with E-state index in [1.807, 2.05) is 0 Å². The lowest BCUT2D eigenvalue weighted by Crippen LogP contribution is -2.30. The molecule has 0 heterocycles. The van der Waals surface area contributed by atoms with Crippen molar-refractivity contribution in [2.45, 2.75) is 369 Å². The zero-order valence-electron chi connectivity index (χ0n) is 58.8. The van der Waals surface area contributed by atoms with Crippen molar-refractivity contribution in [2.75, 3.05) is 39.6 Å². The smallest absolute Gasteiger partial charge is 0.462 e. The van der Waals surface area contributed by atoms with E-state index >= 15 is 0 Å². The molecule has 0 saturated heterocycles. The topological polar surface area (TPSA) is 237 Å². The van der Waals surface area contributed by atoms with E-state index < -0.39 is 97.5 Å². The van der Waals surface area contributed by atoms with Gasteiger partial charge in [-0.2, -0.15) is 0 Å². The van der Waals surface area contributed by atoms with Crippen molar-refractivity contribution in [2.24, 2.45) is 23.7 Å². The fourth-order valence-electron chi connectivity index (χ4n) is 10.6. The Balaban J connectivity index is 5.21. The predicted molar refractivity (Wildman–Crippen MR) is 363 cm³/mol. The molecule has 6 atom stereocenters. The highest BCUT2D eigenvalue weighted by molar-refractivity contribution is 7.47. The number of carbonyl (C=O) groups excluding carboxylic acids is 4. The maximum Gasteiger partial charge on any atom is 0.472 e. The van der Waals surface area contributed by atoms with Gasteiger partial charge in [-0.15, -0.1) is 0 Å². The van der Waals surface area contributed by atoms with Crippen molar-refractivity contribution in [3.63, 3.8) is 0 Å². The van der Waals surface area contributed by atoms with Crippen LogP contribution in [0.2, 0.25) is 0 Å². The molecule has 0 aromatic carbocycles. The van der Waals surface area contributed by atoms with Crippen LogP contribution in [0.25, 0.3) is 0 Å². The second-order valence-corrected chi connectivity index (χ2v) is 30.2. The van der Waals surface area contributed by atoms with Gasteiger partial charge in [-0.1, -0.05) is 299 Å². The van der Waals surface area contributed by atoms with E-state index in [1.165, 1.54) is 148 Å². The Labute approximate surface area is 549 Å². The number of aliphatic hydroxyl groups is 1. The molecule has 19 heteroatoms. The molecule has 0 radical (unpaired) electrons. The average Bonchev–Trinajstić information content (AvgIpc) is 2.42. The van der Waals surface area contributed by atoms with Crippen LogP contribution in [-0.4, -0.2) is 96.7 Å². The Morgan fingerprint density at radius 3 is 0.789 bits per heavy atom. The van der Waals surface area contributed by atoms with Crippen LogP contribution in [0.15, 0.2) is 0 Å². The highest BCUT2D eigenvalue weighted by atomic mass is 31.2. The summed E-state index contributed by atoms with van der Waals surface area (Å²) in [6.07, 6.45) is 43.3. The number of phosphoric acid groups is 2. The largest absolute Gasteiger partial charge is 0.472 e. The second-order valence-electron chi connectivity index (χ2n) is 27.3. The van der Waals surface area contributed by atoms with Crippen molar-refractivity contribution < 1.29 is 80.2 Å². The number of unbranched alkanes of at least 4 members (excludes halogenated alkanes) is 33. The van der Waals surface area contributed by atoms with Crippen LogP contribution in [0.1, 0.15) is 351 Å². The van der Waals surface area contributed by atoms with Crippen molar-refractivity contribution in [3.8, 4) is 0 Å². The van der Waals surface area contributed by atoms with Gasteiger partial charge in [0.15, 0.2) is 12.2 Å². The first-order valence-corrected chi connectivity index (χ1v) is 39.7. The standard InChI is InChI=1S/C71H138O17P2/c1-9-64(8)50-42-34-29-30-38-46-54-71(76)88-67(58-82-69(74)52-44-36-28-22-25-33-41-49-63(6)7)60-86-90(79,80)84-56-65(72)55-83-89(77,78)85-59-66(87-70(75)53-45-37-27-21-17-19-24-32-40-48-62(4)5)57-81-68(73)51-43-35-26-20-16-14-12-10-11-13-15-18-23-31-39-47-61(2)3/h61-67,72H,9-60H2,1-8H3,(H,77,78)(H,79,80)/t64?,65?,66-,67-/m1/s1.